The summed E-state index contributed by atoms with van der Waals surface area (Å²) in [6, 6.07) is 4.42. The van der Waals surface area contributed by atoms with Gasteiger partial charge in [0.25, 0.3) is 0 Å². The van der Waals surface area contributed by atoms with Crippen molar-refractivity contribution in [2.75, 3.05) is 20.2 Å². The fourth-order valence-electron chi connectivity index (χ4n) is 2.34. The molecule has 21 heavy (non-hydrogen) atoms. The number of carbonyl (C=O) groups is 2. The van der Waals surface area contributed by atoms with Crippen molar-refractivity contribution in [3.8, 4) is 5.75 Å². The maximum Gasteiger partial charge on any atom is 0.306 e. The van der Waals surface area contributed by atoms with Gasteiger partial charge in [0.05, 0.1) is 19.4 Å². The number of hydrogen-bond acceptors (Lipinski definition) is 3. The summed E-state index contributed by atoms with van der Waals surface area (Å²) in [5.41, 5.74) is 0.577. The standard InChI is InChI=1S/C15H18FNO4/c1-9(15(19)20)11-7-17(8-11)14(18)6-10-3-4-13(21-2)12(16)5-10/h3-5,9,11H,6-8H2,1-2H3,(H,19,20). The Hall–Kier alpha value is -2.11. The molecule has 1 N–H and O–H groups in total. The van der Waals surface area contributed by atoms with Crippen LogP contribution in [-0.2, 0) is 16.0 Å². The number of benzene rings is 1. The second-order valence-corrected chi connectivity index (χ2v) is 5.33. The van der Waals surface area contributed by atoms with E-state index in [4.69, 9.17) is 9.84 Å². The molecule has 5 nitrogen and oxygen atoms in total. The maximum absolute atomic E-state index is 13.5. The molecule has 1 aliphatic rings. The van der Waals surface area contributed by atoms with Crippen LogP contribution >= 0.6 is 0 Å². The molecule has 0 saturated carbocycles. The van der Waals surface area contributed by atoms with Gasteiger partial charge < -0.3 is 14.7 Å². The van der Waals surface area contributed by atoms with Crippen LogP contribution in [0.15, 0.2) is 18.2 Å². The average Bonchev–Trinajstić information content (AvgIpc) is 2.36. The quantitative estimate of drug-likeness (QED) is 0.895. The lowest BCUT2D eigenvalue weighted by molar-refractivity contribution is -0.150. The Bertz CT molecular complexity index is 555. The van der Waals surface area contributed by atoms with Gasteiger partial charge in [0.1, 0.15) is 0 Å². The van der Waals surface area contributed by atoms with E-state index in [0.29, 0.717) is 18.7 Å². The number of aliphatic carboxylic acids is 1. The summed E-state index contributed by atoms with van der Waals surface area (Å²) in [7, 11) is 1.38. The molecule has 0 bridgehead atoms. The molecule has 1 saturated heterocycles. The molecule has 0 radical (unpaired) electrons. The summed E-state index contributed by atoms with van der Waals surface area (Å²) in [6.45, 7) is 2.55. The van der Waals surface area contributed by atoms with Crippen molar-refractivity contribution in [1.82, 2.24) is 4.90 Å². The van der Waals surface area contributed by atoms with Gasteiger partial charge in [-0.3, -0.25) is 9.59 Å². The molecule has 0 aliphatic carbocycles. The minimum absolute atomic E-state index is 0.000876. The zero-order valence-electron chi connectivity index (χ0n) is 12.0. The number of methoxy groups -OCH3 is 1. The number of rotatable bonds is 5. The Kier molecular flexibility index (Phi) is 4.45. The summed E-state index contributed by atoms with van der Waals surface area (Å²) in [4.78, 5) is 24.5. The van der Waals surface area contributed by atoms with Gasteiger partial charge in [-0.1, -0.05) is 13.0 Å². The number of likely N-dealkylation sites (tertiary alicyclic amines) is 1. The first kappa shape index (κ1) is 15.3. The van der Waals surface area contributed by atoms with Gasteiger partial charge in [0.2, 0.25) is 5.91 Å². The largest absolute Gasteiger partial charge is 0.494 e. The van der Waals surface area contributed by atoms with Gasteiger partial charge in [-0.05, 0) is 17.7 Å². The summed E-state index contributed by atoms with van der Waals surface area (Å²) >= 11 is 0. The highest BCUT2D eigenvalue weighted by Gasteiger charge is 2.36. The van der Waals surface area contributed by atoms with Crippen LogP contribution in [0, 0.1) is 17.7 Å². The van der Waals surface area contributed by atoms with Crippen LogP contribution in [0.2, 0.25) is 0 Å². The first-order valence-electron chi connectivity index (χ1n) is 6.75. The zero-order chi connectivity index (χ0) is 15.6. The van der Waals surface area contributed by atoms with Gasteiger partial charge >= 0.3 is 5.97 Å². The van der Waals surface area contributed by atoms with E-state index in [0.717, 1.165) is 0 Å². The van der Waals surface area contributed by atoms with Crippen molar-refractivity contribution < 1.29 is 23.8 Å². The Morgan fingerprint density at radius 2 is 2.14 bits per heavy atom. The van der Waals surface area contributed by atoms with Crippen LogP contribution in [-0.4, -0.2) is 42.1 Å². The van der Waals surface area contributed by atoms with Crippen molar-refractivity contribution in [2.24, 2.45) is 11.8 Å². The third kappa shape index (κ3) is 3.32. The van der Waals surface area contributed by atoms with Crippen LogP contribution in [0.1, 0.15) is 12.5 Å². The normalized spacial score (nSPS) is 16.2. The average molecular weight is 295 g/mol. The Morgan fingerprint density at radius 1 is 1.48 bits per heavy atom. The van der Waals surface area contributed by atoms with E-state index in [1.165, 1.54) is 19.2 Å². The molecule has 1 aromatic carbocycles. The number of nitrogens with zero attached hydrogens (tertiary/aromatic N) is 1. The molecule has 1 amide bonds. The van der Waals surface area contributed by atoms with E-state index in [-0.39, 0.29) is 24.0 Å². The van der Waals surface area contributed by atoms with Crippen LogP contribution in [0.25, 0.3) is 0 Å². The lowest BCUT2D eigenvalue weighted by atomic mass is 9.87. The monoisotopic (exact) mass is 295 g/mol. The van der Waals surface area contributed by atoms with Crippen LogP contribution < -0.4 is 4.74 Å². The fraction of sp³-hybridized carbons (Fsp3) is 0.467. The lowest BCUT2D eigenvalue weighted by Crippen LogP contribution is -2.53. The predicted octanol–water partition coefficient (Wildman–Crippen LogP) is 1.56. The van der Waals surface area contributed by atoms with E-state index in [2.05, 4.69) is 0 Å². The second kappa shape index (κ2) is 6.11. The molecule has 1 unspecified atom stereocenters. The summed E-state index contributed by atoms with van der Waals surface area (Å²) in [5, 5.41) is 8.90. The number of carboxylic acid groups (broad SMARTS) is 1. The molecular formula is C15H18FNO4. The van der Waals surface area contributed by atoms with Gasteiger partial charge in [-0.2, -0.15) is 0 Å². The SMILES string of the molecule is COc1ccc(CC(=O)N2CC(C(C)C(=O)O)C2)cc1F. The third-order valence-electron chi connectivity index (χ3n) is 3.93. The summed E-state index contributed by atoms with van der Waals surface area (Å²) in [5.74, 6) is -1.77. The minimum Gasteiger partial charge on any atom is -0.494 e. The van der Waals surface area contributed by atoms with E-state index in [1.807, 2.05) is 0 Å². The molecule has 6 heteroatoms. The number of halogens is 1. The topological polar surface area (TPSA) is 66.8 Å². The maximum atomic E-state index is 13.5. The minimum atomic E-state index is -0.843. The highest BCUT2D eigenvalue weighted by molar-refractivity contribution is 5.80. The third-order valence-corrected chi connectivity index (χ3v) is 3.93. The Morgan fingerprint density at radius 3 is 2.67 bits per heavy atom. The summed E-state index contributed by atoms with van der Waals surface area (Å²) < 4.78 is 18.4. The number of hydrogen-bond donors (Lipinski definition) is 1. The number of amides is 1. The van der Waals surface area contributed by atoms with Crippen LogP contribution in [0.3, 0.4) is 0 Å². The van der Waals surface area contributed by atoms with Crippen molar-refractivity contribution in [2.45, 2.75) is 13.3 Å². The van der Waals surface area contributed by atoms with Crippen molar-refractivity contribution in [3.05, 3.63) is 29.6 Å². The van der Waals surface area contributed by atoms with E-state index >= 15 is 0 Å². The molecule has 1 fully saturated rings. The van der Waals surface area contributed by atoms with Gasteiger partial charge in [0.15, 0.2) is 11.6 Å². The fourth-order valence-corrected chi connectivity index (χ4v) is 2.34. The highest BCUT2D eigenvalue weighted by Crippen LogP contribution is 2.25. The van der Waals surface area contributed by atoms with Crippen molar-refractivity contribution in [3.63, 3.8) is 0 Å². The molecule has 2 rings (SSSR count). The Balaban J connectivity index is 1.89. The van der Waals surface area contributed by atoms with E-state index in [1.54, 1.807) is 17.9 Å². The highest BCUT2D eigenvalue weighted by atomic mass is 19.1. The smallest absolute Gasteiger partial charge is 0.306 e. The van der Waals surface area contributed by atoms with Crippen LogP contribution in [0.4, 0.5) is 4.39 Å². The predicted molar refractivity (Wildman–Crippen MR) is 73.5 cm³/mol. The molecule has 1 heterocycles. The molecule has 0 aromatic heterocycles. The molecular weight excluding hydrogens is 277 g/mol. The number of carbonyl (C=O) groups excluding carboxylic acids is 1. The number of ether oxygens (including phenoxy) is 1. The first-order chi connectivity index (χ1) is 9.92. The van der Waals surface area contributed by atoms with Crippen LogP contribution in [0.5, 0.6) is 5.75 Å². The Labute approximate surface area is 122 Å². The van der Waals surface area contributed by atoms with Crippen molar-refractivity contribution >= 4 is 11.9 Å². The molecule has 1 aliphatic heterocycles. The van der Waals surface area contributed by atoms with Crippen molar-refractivity contribution in [1.29, 1.82) is 0 Å². The molecule has 1 atom stereocenters. The van der Waals surface area contributed by atoms with Gasteiger partial charge in [-0.15, -0.1) is 0 Å². The lowest BCUT2D eigenvalue weighted by Gasteiger charge is -2.41. The molecule has 114 valence electrons. The van der Waals surface area contributed by atoms with E-state index in [9.17, 15) is 14.0 Å². The second-order valence-electron chi connectivity index (χ2n) is 5.33. The zero-order valence-corrected chi connectivity index (χ0v) is 12.0. The van der Waals surface area contributed by atoms with Gasteiger partial charge in [-0.25, -0.2) is 4.39 Å². The van der Waals surface area contributed by atoms with Gasteiger partial charge in [0, 0.05) is 19.0 Å². The number of carboxylic acids is 1. The first-order valence-corrected chi connectivity index (χ1v) is 6.75. The molecule has 1 aromatic rings. The van der Waals surface area contributed by atoms with E-state index < -0.39 is 17.7 Å². The molecule has 0 spiro atoms. The summed E-state index contributed by atoms with van der Waals surface area (Å²) in [6.07, 6.45) is 0.106.